The molecule has 0 bridgehead atoms. The van der Waals surface area contributed by atoms with Crippen LogP contribution in [0.4, 0.5) is 0 Å². The third kappa shape index (κ3) is 1.81. The molecule has 2 nitrogen and oxygen atoms in total. The summed E-state index contributed by atoms with van der Waals surface area (Å²) in [5.74, 6) is 0. The lowest BCUT2D eigenvalue weighted by Crippen LogP contribution is -2.03. The van der Waals surface area contributed by atoms with Crippen molar-refractivity contribution in [2.24, 2.45) is 0 Å². The third-order valence-electron chi connectivity index (χ3n) is 2.72. The summed E-state index contributed by atoms with van der Waals surface area (Å²) in [4.78, 5) is 0. The molecule has 1 saturated heterocycles. The van der Waals surface area contributed by atoms with Gasteiger partial charge in [-0.2, -0.15) is 0 Å². The molecule has 1 heterocycles. The molecule has 1 fully saturated rings. The Kier molecular flexibility index (Phi) is 2.85. The largest absolute Gasteiger partial charge is 0.389 e. The fourth-order valence-corrected chi connectivity index (χ4v) is 2.01. The lowest BCUT2D eigenvalue weighted by Gasteiger charge is -2.16. The van der Waals surface area contributed by atoms with Crippen molar-refractivity contribution in [2.45, 2.75) is 32.0 Å². The number of rotatable bonds is 2. The Bertz CT molecular complexity index is 301. The standard InChI is InChI=1S/C12H16O2/c1-9(13)10-5-2-3-6-11(10)12-7-4-8-14-12/h2-3,5-6,9,12-13H,4,7-8H2,1H3. The van der Waals surface area contributed by atoms with Crippen LogP contribution < -0.4 is 0 Å². The van der Waals surface area contributed by atoms with Gasteiger partial charge in [0.05, 0.1) is 12.2 Å². The predicted octanol–water partition coefficient (Wildman–Crippen LogP) is 2.59. The van der Waals surface area contributed by atoms with Crippen LogP contribution in [0.5, 0.6) is 0 Å². The van der Waals surface area contributed by atoms with Gasteiger partial charge in [-0.3, -0.25) is 0 Å². The van der Waals surface area contributed by atoms with E-state index in [-0.39, 0.29) is 6.10 Å². The molecule has 0 spiro atoms. The van der Waals surface area contributed by atoms with E-state index in [4.69, 9.17) is 4.74 Å². The number of aliphatic hydroxyl groups excluding tert-OH is 1. The summed E-state index contributed by atoms with van der Waals surface area (Å²) in [6.07, 6.45) is 1.99. The van der Waals surface area contributed by atoms with Crippen LogP contribution in [0.2, 0.25) is 0 Å². The van der Waals surface area contributed by atoms with Crippen molar-refractivity contribution >= 4 is 0 Å². The van der Waals surface area contributed by atoms with Gasteiger partial charge in [-0.15, -0.1) is 0 Å². The second-order valence-electron chi connectivity index (χ2n) is 3.81. The van der Waals surface area contributed by atoms with Gasteiger partial charge in [0.15, 0.2) is 0 Å². The zero-order chi connectivity index (χ0) is 9.97. The molecule has 1 aromatic rings. The summed E-state index contributed by atoms with van der Waals surface area (Å²) in [7, 11) is 0. The Morgan fingerprint density at radius 3 is 2.86 bits per heavy atom. The lowest BCUT2D eigenvalue weighted by atomic mass is 9.97. The van der Waals surface area contributed by atoms with Gasteiger partial charge in [0, 0.05) is 6.61 Å². The van der Waals surface area contributed by atoms with Gasteiger partial charge in [0.25, 0.3) is 0 Å². The van der Waals surface area contributed by atoms with Crippen molar-refractivity contribution in [3.05, 3.63) is 35.4 Å². The van der Waals surface area contributed by atoms with Crippen LogP contribution in [-0.2, 0) is 4.74 Å². The summed E-state index contributed by atoms with van der Waals surface area (Å²) < 4.78 is 5.62. The second kappa shape index (κ2) is 4.11. The van der Waals surface area contributed by atoms with Crippen LogP contribution in [0.1, 0.15) is 43.1 Å². The number of aliphatic hydroxyl groups is 1. The van der Waals surface area contributed by atoms with E-state index in [1.165, 1.54) is 0 Å². The molecule has 76 valence electrons. The van der Waals surface area contributed by atoms with E-state index in [1.54, 1.807) is 6.92 Å². The number of benzene rings is 1. The monoisotopic (exact) mass is 192 g/mol. The molecule has 1 N–H and O–H groups in total. The normalized spacial score (nSPS) is 23.7. The topological polar surface area (TPSA) is 29.5 Å². The van der Waals surface area contributed by atoms with Gasteiger partial charge in [-0.05, 0) is 30.9 Å². The van der Waals surface area contributed by atoms with Crippen LogP contribution >= 0.6 is 0 Å². The molecule has 0 saturated carbocycles. The van der Waals surface area contributed by atoms with Gasteiger partial charge in [-0.1, -0.05) is 24.3 Å². The summed E-state index contributed by atoms with van der Waals surface area (Å²) >= 11 is 0. The molecule has 2 rings (SSSR count). The maximum absolute atomic E-state index is 9.61. The maximum atomic E-state index is 9.61. The van der Waals surface area contributed by atoms with Crippen molar-refractivity contribution in [3.8, 4) is 0 Å². The minimum Gasteiger partial charge on any atom is -0.389 e. The molecule has 1 aliphatic heterocycles. The van der Waals surface area contributed by atoms with Crippen LogP contribution in [0, 0.1) is 0 Å². The van der Waals surface area contributed by atoms with Crippen molar-refractivity contribution < 1.29 is 9.84 Å². The molecule has 1 aliphatic rings. The van der Waals surface area contributed by atoms with E-state index >= 15 is 0 Å². The minimum atomic E-state index is -0.407. The number of ether oxygens (including phenoxy) is 1. The van der Waals surface area contributed by atoms with E-state index in [1.807, 2.05) is 18.2 Å². The highest BCUT2D eigenvalue weighted by Gasteiger charge is 2.21. The minimum absolute atomic E-state index is 0.195. The molecular weight excluding hydrogens is 176 g/mol. The Morgan fingerprint density at radius 2 is 2.21 bits per heavy atom. The first-order valence-electron chi connectivity index (χ1n) is 5.17. The fraction of sp³-hybridized carbons (Fsp3) is 0.500. The highest BCUT2D eigenvalue weighted by Crippen LogP contribution is 2.32. The Hall–Kier alpha value is -0.860. The molecule has 2 heteroatoms. The highest BCUT2D eigenvalue weighted by molar-refractivity contribution is 5.31. The first-order valence-corrected chi connectivity index (χ1v) is 5.17. The molecule has 1 aromatic carbocycles. The van der Waals surface area contributed by atoms with Crippen molar-refractivity contribution in [1.82, 2.24) is 0 Å². The summed E-state index contributed by atoms with van der Waals surface area (Å²) in [6.45, 7) is 2.65. The van der Waals surface area contributed by atoms with Crippen LogP contribution in [0.3, 0.4) is 0 Å². The average molecular weight is 192 g/mol. The first-order chi connectivity index (χ1) is 6.79. The summed E-state index contributed by atoms with van der Waals surface area (Å²) in [5.41, 5.74) is 2.15. The van der Waals surface area contributed by atoms with E-state index in [2.05, 4.69) is 6.07 Å². The third-order valence-corrected chi connectivity index (χ3v) is 2.72. The zero-order valence-corrected chi connectivity index (χ0v) is 8.44. The van der Waals surface area contributed by atoms with Crippen LogP contribution in [-0.4, -0.2) is 11.7 Å². The zero-order valence-electron chi connectivity index (χ0n) is 8.44. The molecule has 0 aromatic heterocycles. The van der Waals surface area contributed by atoms with Crippen LogP contribution in [0.25, 0.3) is 0 Å². The first kappa shape index (κ1) is 9.69. The van der Waals surface area contributed by atoms with Gasteiger partial charge < -0.3 is 9.84 Å². The lowest BCUT2D eigenvalue weighted by molar-refractivity contribution is 0.107. The SMILES string of the molecule is CC(O)c1ccccc1C1CCCO1. The molecule has 2 atom stereocenters. The van der Waals surface area contributed by atoms with E-state index in [0.29, 0.717) is 0 Å². The fourth-order valence-electron chi connectivity index (χ4n) is 2.01. The Balaban J connectivity index is 2.30. The Labute approximate surface area is 84.5 Å². The number of hydrogen-bond acceptors (Lipinski definition) is 2. The molecule has 2 unspecified atom stereocenters. The molecule has 0 amide bonds. The van der Waals surface area contributed by atoms with E-state index < -0.39 is 6.10 Å². The van der Waals surface area contributed by atoms with Gasteiger partial charge >= 0.3 is 0 Å². The predicted molar refractivity (Wildman–Crippen MR) is 55.0 cm³/mol. The number of hydrogen-bond donors (Lipinski definition) is 1. The average Bonchev–Trinajstić information content (AvgIpc) is 2.70. The van der Waals surface area contributed by atoms with Crippen molar-refractivity contribution in [2.75, 3.05) is 6.61 Å². The summed E-state index contributed by atoms with van der Waals surface area (Å²) in [6, 6.07) is 7.99. The second-order valence-corrected chi connectivity index (χ2v) is 3.81. The van der Waals surface area contributed by atoms with Crippen LogP contribution in [0.15, 0.2) is 24.3 Å². The summed E-state index contributed by atoms with van der Waals surface area (Å²) in [5, 5.41) is 9.61. The smallest absolute Gasteiger partial charge is 0.0829 e. The molecular formula is C12H16O2. The van der Waals surface area contributed by atoms with Gasteiger partial charge in [0.1, 0.15) is 0 Å². The van der Waals surface area contributed by atoms with Gasteiger partial charge in [0.2, 0.25) is 0 Å². The van der Waals surface area contributed by atoms with E-state index in [0.717, 1.165) is 30.6 Å². The van der Waals surface area contributed by atoms with Crippen molar-refractivity contribution in [1.29, 1.82) is 0 Å². The molecule has 0 aliphatic carbocycles. The molecule has 0 radical (unpaired) electrons. The van der Waals surface area contributed by atoms with Gasteiger partial charge in [-0.25, -0.2) is 0 Å². The van der Waals surface area contributed by atoms with Crippen molar-refractivity contribution in [3.63, 3.8) is 0 Å². The van der Waals surface area contributed by atoms with E-state index in [9.17, 15) is 5.11 Å². The highest BCUT2D eigenvalue weighted by atomic mass is 16.5. The Morgan fingerprint density at radius 1 is 1.43 bits per heavy atom. The maximum Gasteiger partial charge on any atom is 0.0829 e. The molecule has 14 heavy (non-hydrogen) atoms. The quantitative estimate of drug-likeness (QED) is 0.780.